The predicted molar refractivity (Wildman–Crippen MR) is 64.8 cm³/mol. The molecule has 0 bridgehead atoms. The molecular weight excluding hydrogens is 218 g/mol. The molecule has 2 aromatic rings. The summed E-state index contributed by atoms with van der Waals surface area (Å²) >= 11 is 0. The lowest BCUT2D eigenvalue weighted by atomic mass is 10.2. The topological polar surface area (TPSA) is 75.1 Å². The molecule has 0 saturated heterocycles. The van der Waals surface area contributed by atoms with Gasteiger partial charge in [-0.05, 0) is 6.07 Å². The molecule has 1 heterocycles. The zero-order valence-corrected chi connectivity index (χ0v) is 9.42. The second-order valence-corrected chi connectivity index (χ2v) is 3.87. The first kappa shape index (κ1) is 11.3. The van der Waals surface area contributed by atoms with Crippen molar-refractivity contribution in [1.82, 2.24) is 9.97 Å². The SMILES string of the molecule is CC(CNc1ncc2ccccc2n1)C(=O)O. The number of para-hydroxylation sites is 1. The number of aliphatic carboxylic acids is 1. The molecule has 0 fully saturated rings. The van der Waals surface area contributed by atoms with Gasteiger partial charge in [0.05, 0.1) is 11.4 Å². The maximum atomic E-state index is 10.7. The van der Waals surface area contributed by atoms with Crippen molar-refractivity contribution in [3.8, 4) is 0 Å². The van der Waals surface area contributed by atoms with E-state index in [0.29, 0.717) is 12.5 Å². The van der Waals surface area contributed by atoms with Crippen LogP contribution in [0.4, 0.5) is 5.95 Å². The maximum absolute atomic E-state index is 10.7. The Bertz CT molecular complexity index is 542. The molecule has 0 radical (unpaired) electrons. The number of benzene rings is 1. The molecule has 0 aliphatic carbocycles. The van der Waals surface area contributed by atoms with Gasteiger partial charge in [0, 0.05) is 18.1 Å². The molecule has 0 aliphatic rings. The monoisotopic (exact) mass is 231 g/mol. The minimum absolute atomic E-state index is 0.313. The number of aromatic nitrogens is 2. The standard InChI is InChI=1S/C12H13N3O2/c1-8(11(16)17)6-13-12-14-7-9-4-2-3-5-10(9)15-12/h2-5,7-8H,6H2,1H3,(H,16,17)(H,13,14,15). The fourth-order valence-corrected chi connectivity index (χ4v) is 1.39. The molecule has 0 aliphatic heterocycles. The number of fused-ring (bicyclic) bond motifs is 1. The van der Waals surface area contributed by atoms with E-state index in [1.807, 2.05) is 24.3 Å². The summed E-state index contributed by atoms with van der Waals surface area (Å²) in [6.45, 7) is 1.95. The number of hydrogen-bond acceptors (Lipinski definition) is 4. The smallest absolute Gasteiger partial charge is 0.308 e. The fraction of sp³-hybridized carbons (Fsp3) is 0.250. The van der Waals surface area contributed by atoms with Gasteiger partial charge in [0.25, 0.3) is 0 Å². The third-order valence-electron chi connectivity index (χ3n) is 2.48. The molecule has 1 atom stereocenters. The summed E-state index contributed by atoms with van der Waals surface area (Å²) in [4.78, 5) is 19.1. The van der Waals surface area contributed by atoms with Crippen LogP contribution in [0.15, 0.2) is 30.5 Å². The summed E-state index contributed by atoms with van der Waals surface area (Å²) in [7, 11) is 0. The highest BCUT2D eigenvalue weighted by atomic mass is 16.4. The lowest BCUT2D eigenvalue weighted by molar-refractivity contribution is -0.140. The summed E-state index contributed by atoms with van der Waals surface area (Å²) in [6, 6.07) is 7.64. The minimum Gasteiger partial charge on any atom is -0.481 e. The van der Waals surface area contributed by atoms with Crippen molar-refractivity contribution in [3.05, 3.63) is 30.5 Å². The van der Waals surface area contributed by atoms with Crippen molar-refractivity contribution >= 4 is 22.8 Å². The van der Waals surface area contributed by atoms with Crippen LogP contribution < -0.4 is 5.32 Å². The van der Waals surface area contributed by atoms with Gasteiger partial charge >= 0.3 is 5.97 Å². The Morgan fingerprint density at radius 3 is 3.00 bits per heavy atom. The van der Waals surface area contributed by atoms with E-state index >= 15 is 0 Å². The van der Waals surface area contributed by atoms with Crippen LogP contribution >= 0.6 is 0 Å². The van der Waals surface area contributed by atoms with Crippen LogP contribution in [0.2, 0.25) is 0 Å². The molecule has 17 heavy (non-hydrogen) atoms. The van der Waals surface area contributed by atoms with Crippen molar-refractivity contribution in [2.45, 2.75) is 6.92 Å². The Morgan fingerprint density at radius 2 is 2.24 bits per heavy atom. The number of anilines is 1. The molecule has 2 rings (SSSR count). The Labute approximate surface area is 98.5 Å². The number of nitrogens with zero attached hydrogens (tertiary/aromatic N) is 2. The van der Waals surface area contributed by atoms with E-state index in [0.717, 1.165) is 10.9 Å². The Kier molecular flexibility index (Phi) is 3.18. The van der Waals surface area contributed by atoms with Crippen LogP contribution in [0.5, 0.6) is 0 Å². The van der Waals surface area contributed by atoms with Crippen molar-refractivity contribution in [1.29, 1.82) is 0 Å². The highest BCUT2D eigenvalue weighted by molar-refractivity contribution is 5.78. The van der Waals surface area contributed by atoms with Crippen LogP contribution in [0, 0.1) is 5.92 Å². The first-order valence-corrected chi connectivity index (χ1v) is 5.35. The quantitative estimate of drug-likeness (QED) is 0.838. The van der Waals surface area contributed by atoms with E-state index < -0.39 is 11.9 Å². The lowest BCUT2D eigenvalue weighted by Crippen LogP contribution is -2.20. The largest absolute Gasteiger partial charge is 0.481 e. The summed E-state index contributed by atoms with van der Waals surface area (Å²) in [5, 5.41) is 12.6. The average molecular weight is 231 g/mol. The van der Waals surface area contributed by atoms with Crippen molar-refractivity contribution in [3.63, 3.8) is 0 Å². The van der Waals surface area contributed by atoms with Gasteiger partial charge in [0.2, 0.25) is 5.95 Å². The molecule has 1 unspecified atom stereocenters. The van der Waals surface area contributed by atoms with E-state index in [4.69, 9.17) is 5.11 Å². The molecule has 1 aromatic carbocycles. The minimum atomic E-state index is -0.835. The predicted octanol–water partition coefficient (Wildman–Crippen LogP) is 1.76. The van der Waals surface area contributed by atoms with Gasteiger partial charge in [0.15, 0.2) is 0 Å². The van der Waals surface area contributed by atoms with Crippen LogP contribution in [0.3, 0.4) is 0 Å². The molecule has 1 aromatic heterocycles. The van der Waals surface area contributed by atoms with E-state index in [2.05, 4.69) is 15.3 Å². The van der Waals surface area contributed by atoms with Crippen molar-refractivity contribution < 1.29 is 9.90 Å². The van der Waals surface area contributed by atoms with Crippen LogP contribution in [0.25, 0.3) is 10.9 Å². The third kappa shape index (κ3) is 2.69. The molecule has 0 spiro atoms. The highest BCUT2D eigenvalue weighted by Crippen LogP contribution is 2.11. The average Bonchev–Trinajstić information content (AvgIpc) is 2.35. The molecular formula is C12H13N3O2. The highest BCUT2D eigenvalue weighted by Gasteiger charge is 2.10. The Hall–Kier alpha value is -2.17. The number of nitrogens with one attached hydrogen (secondary N) is 1. The second-order valence-electron chi connectivity index (χ2n) is 3.87. The summed E-state index contributed by atoms with van der Waals surface area (Å²) < 4.78 is 0. The Balaban J connectivity index is 2.12. The summed E-state index contributed by atoms with van der Waals surface area (Å²) in [5.41, 5.74) is 0.841. The van der Waals surface area contributed by atoms with Gasteiger partial charge < -0.3 is 10.4 Å². The lowest BCUT2D eigenvalue weighted by Gasteiger charge is -2.08. The molecule has 0 amide bonds. The molecule has 2 N–H and O–H groups in total. The zero-order valence-electron chi connectivity index (χ0n) is 9.42. The fourth-order valence-electron chi connectivity index (χ4n) is 1.39. The summed E-state index contributed by atoms with van der Waals surface area (Å²) in [5.74, 6) is -0.847. The van der Waals surface area contributed by atoms with Crippen molar-refractivity contribution in [2.75, 3.05) is 11.9 Å². The van der Waals surface area contributed by atoms with E-state index in [1.165, 1.54) is 0 Å². The molecule has 5 heteroatoms. The molecule has 0 saturated carbocycles. The number of carbonyl (C=O) groups is 1. The first-order valence-electron chi connectivity index (χ1n) is 5.35. The normalized spacial score (nSPS) is 12.3. The zero-order chi connectivity index (χ0) is 12.3. The van der Waals surface area contributed by atoms with Gasteiger partial charge in [-0.1, -0.05) is 25.1 Å². The number of rotatable bonds is 4. The van der Waals surface area contributed by atoms with Crippen LogP contribution in [-0.2, 0) is 4.79 Å². The molecule has 5 nitrogen and oxygen atoms in total. The van der Waals surface area contributed by atoms with E-state index in [9.17, 15) is 4.79 Å². The first-order chi connectivity index (χ1) is 8.16. The van der Waals surface area contributed by atoms with Crippen molar-refractivity contribution in [2.24, 2.45) is 5.92 Å². The molecule has 88 valence electrons. The van der Waals surface area contributed by atoms with Gasteiger partial charge in [-0.25, -0.2) is 9.97 Å². The van der Waals surface area contributed by atoms with Gasteiger partial charge in [-0.3, -0.25) is 4.79 Å². The Morgan fingerprint density at radius 1 is 1.47 bits per heavy atom. The van der Waals surface area contributed by atoms with E-state index in [1.54, 1.807) is 13.1 Å². The second kappa shape index (κ2) is 4.78. The van der Waals surface area contributed by atoms with Gasteiger partial charge in [-0.15, -0.1) is 0 Å². The van der Waals surface area contributed by atoms with Gasteiger partial charge in [-0.2, -0.15) is 0 Å². The summed E-state index contributed by atoms with van der Waals surface area (Å²) in [6.07, 6.45) is 1.72. The van der Waals surface area contributed by atoms with Crippen LogP contribution in [0.1, 0.15) is 6.92 Å². The number of carboxylic acids is 1. The third-order valence-corrected chi connectivity index (χ3v) is 2.48. The van der Waals surface area contributed by atoms with Gasteiger partial charge in [0.1, 0.15) is 0 Å². The van der Waals surface area contributed by atoms with Crippen LogP contribution in [-0.4, -0.2) is 27.6 Å². The number of carboxylic acid groups (broad SMARTS) is 1. The number of hydrogen-bond donors (Lipinski definition) is 2. The maximum Gasteiger partial charge on any atom is 0.308 e. The van der Waals surface area contributed by atoms with E-state index in [-0.39, 0.29) is 0 Å².